The Labute approximate surface area is 119 Å². The minimum absolute atomic E-state index is 0. The molecule has 1 aliphatic heterocycles. The lowest BCUT2D eigenvalue weighted by Crippen LogP contribution is -2.12. The minimum atomic E-state index is 0. The van der Waals surface area contributed by atoms with Crippen molar-refractivity contribution in [1.29, 1.82) is 0 Å². The lowest BCUT2D eigenvalue weighted by atomic mass is 9.98. The molecule has 1 heterocycles. The molecule has 94 valence electrons. The van der Waals surface area contributed by atoms with E-state index in [0.717, 1.165) is 6.42 Å². The number of para-hydroxylation sites is 1. The Morgan fingerprint density at radius 2 is 1.67 bits per heavy atom. The molecule has 2 aromatic carbocycles. The fourth-order valence-corrected chi connectivity index (χ4v) is 2.69. The number of anilines is 1. The van der Waals surface area contributed by atoms with Gasteiger partial charge in [0.25, 0.3) is 0 Å². The van der Waals surface area contributed by atoms with E-state index in [1.165, 1.54) is 22.4 Å². The number of alkyl halides is 1. The van der Waals surface area contributed by atoms with Crippen LogP contribution in [0, 0.1) is 0 Å². The monoisotopic (exact) mass is 279 g/mol. The van der Waals surface area contributed by atoms with Crippen LogP contribution in [-0.4, -0.2) is 5.88 Å². The summed E-state index contributed by atoms with van der Waals surface area (Å²) >= 11 is 6.08. The summed E-state index contributed by atoms with van der Waals surface area (Å²) in [5.74, 6) is 0.589. The Balaban J connectivity index is 0.00000120. The molecule has 3 rings (SSSR count). The molecule has 0 aliphatic carbocycles. The standard InChI is InChI=1S/C15H14ClN.ClH/c16-10-15-13-7-3-1-5-11(13)9-12-6-2-4-8-14(12)17-15;/h1-8,15,17H,9-10H2;1H. The molecule has 0 saturated heterocycles. The zero-order valence-electron chi connectivity index (χ0n) is 9.90. The summed E-state index contributed by atoms with van der Waals surface area (Å²) in [5.41, 5.74) is 5.23. The lowest BCUT2D eigenvalue weighted by Gasteiger charge is -2.17. The first kappa shape index (κ1) is 13.3. The van der Waals surface area contributed by atoms with E-state index in [2.05, 4.69) is 53.8 Å². The second kappa shape index (κ2) is 5.64. The number of nitrogens with one attached hydrogen (secondary N) is 1. The molecule has 1 unspecified atom stereocenters. The van der Waals surface area contributed by atoms with E-state index in [4.69, 9.17) is 11.6 Å². The Morgan fingerprint density at radius 1 is 1.00 bits per heavy atom. The van der Waals surface area contributed by atoms with Gasteiger partial charge >= 0.3 is 0 Å². The van der Waals surface area contributed by atoms with Crippen LogP contribution in [0.2, 0.25) is 0 Å². The van der Waals surface area contributed by atoms with Crippen molar-refractivity contribution < 1.29 is 0 Å². The van der Waals surface area contributed by atoms with Crippen molar-refractivity contribution in [2.75, 3.05) is 11.2 Å². The predicted octanol–water partition coefficient (Wildman–Crippen LogP) is 4.40. The maximum atomic E-state index is 6.08. The SMILES string of the molecule is Cl.ClCC1Nc2ccccc2Cc2ccccc21. The fourth-order valence-electron chi connectivity index (χ4n) is 2.44. The topological polar surface area (TPSA) is 12.0 Å². The smallest absolute Gasteiger partial charge is 0.0652 e. The summed E-state index contributed by atoms with van der Waals surface area (Å²) in [7, 11) is 0. The van der Waals surface area contributed by atoms with Crippen LogP contribution in [0.3, 0.4) is 0 Å². The number of hydrogen-bond donors (Lipinski definition) is 1. The molecule has 0 aromatic heterocycles. The molecule has 0 bridgehead atoms. The van der Waals surface area contributed by atoms with E-state index in [-0.39, 0.29) is 18.4 Å². The molecular weight excluding hydrogens is 265 g/mol. The molecular formula is C15H15Cl2N. The van der Waals surface area contributed by atoms with Crippen LogP contribution < -0.4 is 5.32 Å². The number of hydrogen-bond acceptors (Lipinski definition) is 1. The van der Waals surface area contributed by atoms with Gasteiger partial charge in [0.05, 0.1) is 6.04 Å². The summed E-state index contributed by atoms with van der Waals surface area (Å²) < 4.78 is 0. The first-order valence-corrected chi connectivity index (χ1v) is 6.40. The third-order valence-corrected chi connectivity index (χ3v) is 3.62. The van der Waals surface area contributed by atoms with Gasteiger partial charge < -0.3 is 5.32 Å². The Morgan fingerprint density at radius 3 is 2.44 bits per heavy atom. The molecule has 18 heavy (non-hydrogen) atoms. The fraction of sp³-hybridized carbons (Fsp3) is 0.200. The zero-order chi connectivity index (χ0) is 11.7. The van der Waals surface area contributed by atoms with Gasteiger partial charge in [0, 0.05) is 11.6 Å². The van der Waals surface area contributed by atoms with Crippen LogP contribution in [0.15, 0.2) is 48.5 Å². The average Bonchev–Trinajstić information content (AvgIpc) is 2.54. The van der Waals surface area contributed by atoms with E-state index in [1.807, 2.05) is 0 Å². The maximum absolute atomic E-state index is 6.08. The Kier molecular flexibility index (Phi) is 4.15. The summed E-state index contributed by atoms with van der Waals surface area (Å²) in [6, 6.07) is 17.2. The second-order valence-corrected chi connectivity index (χ2v) is 4.69. The molecule has 1 aliphatic rings. The summed E-state index contributed by atoms with van der Waals surface area (Å²) in [5, 5.41) is 3.53. The second-order valence-electron chi connectivity index (χ2n) is 4.38. The molecule has 1 nitrogen and oxygen atoms in total. The molecule has 2 aromatic rings. The highest BCUT2D eigenvalue weighted by Gasteiger charge is 2.19. The van der Waals surface area contributed by atoms with Gasteiger partial charge in [-0.15, -0.1) is 24.0 Å². The van der Waals surface area contributed by atoms with Gasteiger partial charge in [-0.25, -0.2) is 0 Å². The number of fused-ring (bicyclic) bond motifs is 2. The van der Waals surface area contributed by atoms with Crippen LogP contribution in [0.4, 0.5) is 5.69 Å². The van der Waals surface area contributed by atoms with Crippen molar-refractivity contribution in [3.63, 3.8) is 0 Å². The molecule has 0 fully saturated rings. The van der Waals surface area contributed by atoms with Crippen LogP contribution in [0.5, 0.6) is 0 Å². The minimum Gasteiger partial charge on any atom is -0.377 e. The zero-order valence-corrected chi connectivity index (χ0v) is 11.5. The van der Waals surface area contributed by atoms with E-state index >= 15 is 0 Å². The number of halogens is 2. The molecule has 0 amide bonds. The quantitative estimate of drug-likeness (QED) is 0.763. The first-order valence-electron chi connectivity index (χ1n) is 5.86. The van der Waals surface area contributed by atoms with Gasteiger partial charge in [-0.3, -0.25) is 0 Å². The lowest BCUT2D eigenvalue weighted by molar-refractivity contribution is 0.889. The Hall–Kier alpha value is -1.18. The van der Waals surface area contributed by atoms with E-state index < -0.39 is 0 Å². The van der Waals surface area contributed by atoms with Gasteiger partial charge in [0.15, 0.2) is 0 Å². The van der Waals surface area contributed by atoms with Crippen molar-refractivity contribution >= 4 is 29.7 Å². The molecule has 0 spiro atoms. The van der Waals surface area contributed by atoms with E-state index in [1.54, 1.807) is 0 Å². The van der Waals surface area contributed by atoms with Crippen LogP contribution in [-0.2, 0) is 6.42 Å². The highest BCUT2D eigenvalue weighted by Crippen LogP contribution is 2.32. The normalized spacial score (nSPS) is 16.6. The van der Waals surface area contributed by atoms with Crippen LogP contribution in [0.25, 0.3) is 0 Å². The van der Waals surface area contributed by atoms with E-state index in [9.17, 15) is 0 Å². The van der Waals surface area contributed by atoms with Gasteiger partial charge in [-0.2, -0.15) is 0 Å². The maximum Gasteiger partial charge on any atom is 0.0652 e. The van der Waals surface area contributed by atoms with Gasteiger partial charge in [-0.1, -0.05) is 42.5 Å². The Bertz CT molecular complexity index is 540. The van der Waals surface area contributed by atoms with E-state index in [0.29, 0.717) is 5.88 Å². The molecule has 3 heteroatoms. The summed E-state index contributed by atoms with van der Waals surface area (Å²) in [6.45, 7) is 0. The highest BCUT2D eigenvalue weighted by atomic mass is 35.5. The number of rotatable bonds is 1. The van der Waals surface area contributed by atoms with Gasteiger partial charge in [0.1, 0.15) is 0 Å². The van der Waals surface area contributed by atoms with Crippen LogP contribution >= 0.6 is 24.0 Å². The summed E-state index contributed by atoms with van der Waals surface area (Å²) in [6.07, 6.45) is 0.979. The first-order chi connectivity index (χ1) is 8.38. The summed E-state index contributed by atoms with van der Waals surface area (Å²) in [4.78, 5) is 0. The van der Waals surface area contributed by atoms with Crippen molar-refractivity contribution in [3.05, 3.63) is 65.2 Å². The third-order valence-electron chi connectivity index (χ3n) is 3.31. The van der Waals surface area contributed by atoms with Crippen molar-refractivity contribution in [3.8, 4) is 0 Å². The largest absolute Gasteiger partial charge is 0.377 e. The van der Waals surface area contributed by atoms with Crippen LogP contribution in [0.1, 0.15) is 22.7 Å². The van der Waals surface area contributed by atoms with Crippen molar-refractivity contribution in [2.45, 2.75) is 12.5 Å². The molecule has 0 radical (unpaired) electrons. The molecule has 1 N–H and O–H groups in total. The predicted molar refractivity (Wildman–Crippen MR) is 80.0 cm³/mol. The average molecular weight is 280 g/mol. The highest BCUT2D eigenvalue weighted by molar-refractivity contribution is 6.18. The van der Waals surface area contributed by atoms with Gasteiger partial charge in [-0.05, 0) is 29.2 Å². The number of benzene rings is 2. The van der Waals surface area contributed by atoms with Crippen molar-refractivity contribution in [1.82, 2.24) is 0 Å². The molecule has 1 atom stereocenters. The van der Waals surface area contributed by atoms with Gasteiger partial charge in [0.2, 0.25) is 0 Å². The third kappa shape index (κ3) is 2.33. The molecule has 0 saturated carbocycles. The van der Waals surface area contributed by atoms with Crippen molar-refractivity contribution in [2.24, 2.45) is 0 Å².